The van der Waals surface area contributed by atoms with E-state index in [4.69, 9.17) is 5.11 Å². The SMILES string of the molecule is O=C(O)c1cc(NC2CCC2)c2ccccc2n1. The van der Waals surface area contributed by atoms with Gasteiger partial charge in [0.2, 0.25) is 0 Å². The van der Waals surface area contributed by atoms with E-state index in [1.165, 1.54) is 6.42 Å². The van der Waals surface area contributed by atoms with Gasteiger partial charge >= 0.3 is 5.97 Å². The summed E-state index contributed by atoms with van der Waals surface area (Å²) in [6, 6.07) is 9.72. The fraction of sp³-hybridized carbons (Fsp3) is 0.286. The molecule has 0 radical (unpaired) electrons. The first-order valence-corrected chi connectivity index (χ1v) is 6.13. The normalized spacial score (nSPS) is 15.3. The molecule has 0 bridgehead atoms. The van der Waals surface area contributed by atoms with Crippen molar-refractivity contribution in [3.63, 3.8) is 0 Å². The van der Waals surface area contributed by atoms with Gasteiger partial charge in [-0.05, 0) is 31.4 Å². The van der Waals surface area contributed by atoms with Crippen molar-refractivity contribution >= 4 is 22.6 Å². The van der Waals surface area contributed by atoms with Crippen LogP contribution in [0.3, 0.4) is 0 Å². The summed E-state index contributed by atoms with van der Waals surface area (Å²) in [6.07, 6.45) is 3.55. The van der Waals surface area contributed by atoms with E-state index in [0.29, 0.717) is 6.04 Å². The molecular weight excluding hydrogens is 228 g/mol. The summed E-state index contributed by atoms with van der Waals surface area (Å²) in [7, 11) is 0. The van der Waals surface area contributed by atoms with Crippen LogP contribution in [0.4, 0.5) is 5.69 Å². The number of aromatic nitrogens is 1. The number of nitrogens with zero attached hydrogens (tertiary/aromatic N) is 1. The quantitative estimate of drug-likeness (QED) is 0.868. The second-order valence-corrected chi connectivity index (χ2v) is 4.65. The van der Waals surface area contributed by atoms with Crippen LogP contribution in [0.2, 0.25) is 0 Å². The van der Waals surface area contributed by atoms with Gasteiger partial charge in [0.25, 0.3) is 0 Å². The molecule has 92 valence electrons. The first-order chi connectivity index (χ1) is 8.74. The van der Waals surface area contributed by atoms with Gasteiger partial charge in [0, 0.05) is 17.1 Å². The van der Waals surface area contributed by atoms with Crippen LogP contribution in [0.1, 0.15) is 29.8 Å². The summed E-state index contributed by atoms with van der Waals surface area (Å²) >= 11 is 0. The number of carbonyl (C=O) groups is 1. The van der Waals surface area contributed by atoms with Gasteiger partial charge in [-0.3, -0.25) is 0 Å². The molecule has 3 rings (SSSR count). The maximum Gasteiger partial charge on any atom is 0.354 e. The lowest BCUT2D eigenvalue weighted by molar-refractivity contribution is 0.0691. The molecule has 0 aliphatic heterocycles. The van der Waals surface area contributed by atoms with E-state index in [9.17, 15) is 4.79 Å². The van der Waals surface area contributed by atoms with Gasteiger partial charge in [0.05, 0.1) is 5.52 Å². The highest BCUT2D eigenvalue weighted by Crippen LogP contribution is 2.28. The lowest BCUT2D eigenvalue weighted by Gasteiger charge is -2.28. The number of fused-ring (bicyclic) bond motifs is 1. The third-order valence-corrected chi connectivity index (χ3v) is 3.40. The largest absolute Gasteiger partial charge is 0.477 e. The lowest BCUT2D eigenvalue weighted by atomic mass is 9.92. The number of aromatic carboxylic acids is 1. The minimum Gasteiger partial charge on any atom is -0.477 e. The number of rotatable bonds is 3. The van der Waals surface area contributed by atoms with Crippen LogP contribution in [-0.2, 0) is 0 Å². The van der Waals surface area contributed by atoms with Crippen molar-refractivity contribution in [3.05, 3.63) is 36.0 Å². The maximum atomic E-state index is 11.1. The number of hydrogen-bond acceptors (Lipinski definition) is 3. The van der Waals surface area contributed by atoms with Crippen molar-refractivity contribution in [3.8, 4) is 0 Å². The van der Waals surface area contributed by atoms with Crippen molar-refractivity contribution in [2.24, 2.45) is 0 Å². The molecule has 2 N–H and O–H groups in total. The van der Waals surface area contributed by atoms with Crippen LogP contribution in [0, 0.1) is 0 Å². The third-order valence-electron chi connectivity index (χ3n) is 3.40. The highest BCUT2D eigenvalue weighted by molar-refractivity contribution is 5.97. The van der Waals surface area contributed by atoms with Crippen LogP contribution >= 0.6 is 0 Å². The number of pyridine rings is 1. The zero-order valence-corrected chi connectivity index (χ0v) is 9.89. The van der Waals surface area contributed by atoms with Gasteiger partial charge in [-0.15, -0.1) is 0 Å². The van der Waals surface area contributed by atoms with E-state index in [-0.39, 0.29) is 5.69 Å². The molecule has 0 saturated heterocycles. The Morgan fingerprint density at radius 2 is 2.11 bits per heavy atom. The Hall–Kier alpha value is -2.10. The van der Waals surface area contributed by atoms with E-state index in [1.54, 1.807) is 6.07 Å². The summed E-state index contributed by atoms with van der Waals surface area (Å²) in [5.74, 6) is -0.989. The Morgan fingerprint density at radius 1 is 1.33 bits per heavy atom. The lowest BCUT2D eigenvalue weighted by Crippen LogP contribution is -2.27. The Balaban J connectivity index is 2.10. The van der Waals surface area contributed by atoms with Gasteiger partial charge < -0.3 is 10.4 Å². The number of nitrogens with one attached hydrogen (secondary N) is 1. The number of anilines is 1. The standard InChI is InChI=1S/C14H14N2O2/c17-14(18)13-8-12(15-9-4-3-5-9)10-6-1-2-7-11(10)16-13/h1-2,6-9H,3-5H2,(H,15,16)(H,17,18). The van der Waals surface area contributed by atoms with E-state index in [0.717, 1.165) is 29.4 Å². The molecule has 1 aliphatic rings. The summed E-state index contributed by atoms with van der Waals surface area (Å²) in [4.78, 5) is 15.2. The molecule has 1 saturated carbocycles. The maximum absolute atomic E-state index is 11.1. The molecule has 1 aliphatic carbocycles. The first-order valence-electron chi connectivity index (χ1n) is 6.13. The predicted octanol–water partition coefficient (Wildman–Crippen LogP) is 2.90. The Morgan fingerprint density at radius 3 is 2.78 bits per heavy atom. The molecule has 1 fully saturated rings. The molecule has 18 heavy (non-hydrogen) atoms. The average Bonchev–Trinajstić information content (AvgIpc) is 2.33. The van der Waals surface area contributed by atoms with Crippen molar-refractivity contribution in [1.29, 1.82) is 0 Å². The van der Waals surface area contributed by atoms with Crippen molar-refractivity contribution in [2.45, 2.75) is 25.3 Å². The fourth-order valence-electron chi connectivity index (χ4n) is 2.18. The molecule has 0 unspecified atom stereocenters. The molecular formula is C14H14N2O2. The van der Waals surface area contributed by atoms with Gasteiger partial charge in [-0.25, -0.2) is 9.78 Å². The predicted molar refractivity (Wildman–Crippen MR) is 70.0 cm³/mol. The molecule has 1 heterocycles. The second kappa shape index (κ2) is 4.29. The average molecular weight is 242 g/mol. The number of hydrogen-bond donors (Lipinski definition) is 2. The highest BCUT2D eigenvalue weighted by atomic mass is 16.4. The molecule has 1 aromatic heterocycles. The monoisotopic (exact) mass is 242 g/mol. The smallest absolute Gasteiger partial charge is 0.354 e. The molecule has 2 aromatic rings. The van der Waals surface area contributed by atoms with Crippen LogP contribution in [0.25, 0.3) is 10.9 Å². The van der Waals surface area contributed by atoms with E-state index >= 15 is 0 Å². The molecule has 1 aromatic carbocycles. The zero-order valence-electron chi connectivity index (χ0n) is 9.89. The number of benzene rings is 1. The first kappa shape index (κ1) is 11.0. The molecule has 0 amide bonds. The van der Waals surface area contributed by atoms with Gasteiger partial charge in [0.1, 0.15) is 0 Å². The summed E-state index contributed by atoms with van der Waals surface area (Å²) < 4.78 is 0. The van der Waals surface area contributed by atoms with E-state index in [2.05, 4.69) is 10.3 Å². The van der Waals surface area contributed by atoms with Gasteiger partial charge in [0.15, 0.2) is 5.69 Å². The topological polar surface area (TPSA) is 62.2 Å². The molecule has 4 nitrogen and oxygen atoms in total. The fourth-order valence-corrected chi connectivity index (χ4v) is 2.18. The van der Waals surface area contributed by atoms with Gasteiger partial charge in [-0.1, -0.05) is 18.2 Å². The minimum absolute atomic E-state index is 0.0931. The zero-order chi connectivity index (χ0) is 12.5. The van der Waals surface area contributed by atoms with E-state index in [1.807, 2.05) is 24.3 Å². The summed E-state index contributed by atoms with van der Waals surface area (Å²) in [5, 5.41) is 13.5. The second-order valence-electron chi connectivity index (χ2n) is 4.65. The highest BCUT2D eigenvalue weighted by Gasteiger charge is 2.19. The number of carboxylic acid groups (broad SMARTS) is 1. The van der Waals surface area contributed by atoms with Crippen LogP contribution in [0.5, 0.6) is 0 Å². The summed E-state index contributed by atoms with van der Waals surface area (Å²) in [6.45, 7) is 0. The van der Waals surface area contributed by atoms with E-state index < -0.39 is 5.97 Å². The number of carboxylic acids is 1. The van der Waals surface area contributed by atoms with Crippen molar-refractivity contribution in [2.75, 3.05) is 5.32 Å². The Labute approximate surface area is 105 Å². The Bertz CT molecular complexity index is 606. The van der Waals surface area contributed by atoms with Crippen LogP contribution in [-0.4, -0.2) is 22.1 Å². The van der Waals surface area contributed by atoms with Gasteiger partial charge in [-0.2, -0.15) is 0 Å². The van der Waals surface area contributed by atoms with Crippen molar-refractivity contribution < 1.29 is 9.90 Å². The Kier molecular flexibility index (Phi) is 2.63. The molecule has 0 spiro atoms. The molecule has 0 atom stereocenters. The van der Waals surface area contributed by atoms with Crippen molar-refractivity contribution in [1.82, 2.24) is 4.98 Å². The molecule has 4 heteroatoms. The number of para-hydroxylation sites is 1. The third kappa shape index (κ3) is 1.90. The van der Waals surface area contributed by atoms with Crippen LogP contribution < -0.4 is 5.32 Å². The van der Waals surface area contributed by atoms with Crippen LogP contribution in [0.15, 0.2) is 30.3 Å². The summed E-state index contributed by atoms with van der Waals surface area (Å²) in [5.41, 5.74) is 1.69. The minimum atomic E-state index is -0.989.